The van der Waals surface area contributed by atoms with Gasteiger partial charge in [-0.25, -0.2) is 0 Å². The van der Waals surface area contributed by atoms with Gasteiger partial charge in [0.2, 0.25) is 0 Å². The molecule has 0 aromatic carbocycles. The second-order valence-corrected chi connectivity index (χ2v) is 6.94. The molecule has 0 unspecified atom stereocenters. The number of hydrogen-bond donors (Lipinski definition) is 1. The summed E-state index contributed by atoms with van der Waals surface area (Å²) in [4.78, 5) is 18.6. The van der Waals surface area contributed by atoms with E-state index in [1.165, 1.54) is 6.42 Å². The second-order valence-electron chi connectivity index (χ2n) is 6.58. The molecule has 2 fully saturated rings. The lowest BCUT2D eigenvalue weighted by atomic mass is 9.94. The van der Waals surface area contributed by atoms with E-state index in [4.69, 9.17) is 12.2 Å². The lowest BCUT2D eigenvalue weighted by molar-refractivity contribution is -0.124. The van der Waals surface area contributed by atoms with Crippen LogP contribution in [0.3, 0.4) is 0 Å². The van der Waals surface area contributed by atoms with Gasteiger partial charge in [-0.3, -0.25) is 9.69 Å². The first-order valence-corrected chi connectivity index (χ1v) is 9.30. The second kappa shape index (κ2) is 7.97. The quantitative estimate of drug-likeness (QED) is 0.617. The number of nitrogens with zero attached hydrogens (tertiary/aromatic N) is 3. The van der Waals surface area contributed by atoms with Gasteiger partial charge in [-0.05, 0) is 49.4 Å². The largest absolute Gasteiger partial charge is 0.395 e. The number of allylic oxidation sites excluding steroid dienone is 5. The molecule has 1 N–H and O–H groups in total. The van der Waals surface area contributed by atoms with Crippen molar-refractivity contribution in [2.45, 2.75) is 38.1 Å². The van der Waals surface area contributed by atoms with Gasteiger partial charge in [0.15, 0.2) is 5.11 Å². The summed E-state index contributed by atoms with van der Waals surface area (Å²) in [6.07, 6.45) is 17.1. The van der Waals surface area contributed by atoms with Crippen molar-refractivity contribution in [3.8, 4) is 0 Å². The first-order valence-electron chi connectivity index (χ1n) is 8.89. The Balaban J connectivity index is 1.87. The minimum absolute atomic E-state index is 0.0393. The van der Waals surface area contributed by atoms with Crippen LogP contribution in [0.25, 0.3) is 0 Å². The number of likely N-dealkylation sites (N-methyl/N-ethyl adjacent to an activating group) is 1. The molecular weight excluding hydrogens is 334 g/mol. The molecule has 0 radical (unpaired) electrons. The highest BCUT2D eigenvalue weighted by Gasteiger charge is 2.41. The van der Waals surface area contributed by atoms with Crippen molar-refractivity contribution in [1.82, 2.24) is 14.7 Å². The molecule has 0 spiro atoms. The molecule has 0 aromatic heterocycles. The molecule has 5 nitrogen and oxygen atoms in total. The maximum Gasteiger partial charge on any atom is 0.276 e. The number of carbonyl (C=O) groups excluding carboxylic acids is 1. The monoisotopic (exact) mass is 359 g/mol. The van der Waals surface area contributed by atoms with Crippen molar-refractivity contribution in [3.05, 3.63) is 48.0 Å². The van der Waals surface area contributed by atoms with E-state index in [2.05, 4.69) is 0 Å². The molecule has 0 bridgehead atoms. The number of aliphatic hydroxyl groups is 1. The Hall–Kier alpha value is -1.92. The van der Waals surface area contributed by atoms with E-state index < -0.39 is 0 Å². The van der Waals surface area contributed by atoms with Crippen molar-refractivity contribution in [2.75, 3.05) is 20.2 Å². The Morgan fingerprint density at radius 3 is 2.68 bits per heavy atom. The van der Waals surface area contributed by atoms with Crippen LogP contribution in [0.2, 0.25) is 0 Å². The van der Waals surface area contributed by atoms with Crippen LogP contribution in [-0.2, 0) is 4.79 Å². The summed E-state index contributed by atoms with van der Waals surface area (Å²) in [5.41, 5.74) is 1.54. The predicted octanol–water partition coefficient (Wildman–Crippen LogP) is 2.52. The number of β-amino-alcohol motifs (C(OH)–C–C–N with tert-alkyl or cyclic N) is 1. The molecule has 6 heteroatoms. The third-order valence-electron chi connectivity index (χ3n) is 4.94. The molecule has 1 amide bonds. The summed E-state index contributed by atoms with van der Waals surface area (Å²) in [6, 6.07) is 0.189. The summed E-state index contributed by atoms with van der Waals surface area (Å²) in [7, 11) is 1.96. The minimum Gasteiger partial charge on any atom is -0.395 e. The van der Waals surface area contributed by atoms with E-state index in [0.29, 0.717) is 17.4 Å². The fourth-order valence-corrected chi connectivity index (χ4v) is 3.99. The topological polar surface area (TPSA) is 47.0 Å². The zero-order valence-corrected chi connectivity index (χ0v) is 15.4. The first kappa shape index (κ1) is 17.9. The molecule has 134 valence electrons. The maximum atomic E-state index is 13.0. The van der Waals surface area contributed by atoms with Gasteiger partial charge in [-0.1, -0.05) is 25.3 Å². The Morgan fingerprint density at radius 1 is 1.24 bits per heavy atom. The van der Waals surface area contributed by atoms with Crippen molar-refractivity contribution in [1.29, 1.82) is 0 Å². The van der Waals surface area contributed by atoms with Gasteiger partial charge >= 0.3 is 0 Å². The highest BCUT2D eigenvalue weighted by atomic mass is 32.1. The Kier molecular flexibility index (Phi) is 5.71. The Morgan fingerprint density at radius 2 is 2.00 bits per heavy atom. The molecule has 2 heterocycles. The lowest BCUT2D eigenvalue weighted by Crippen LogP contribution is -2.42. The number of rotatable bonds is 4. The van der Waals surface area contributed by atoms with Gasteiger partial charge in [0.1, 0.15) is 5.70 Å². The molecular formula is C19H25N3O2S. The Labute approximate surface area is 154 Å². The number of thiocarbonyl (C=S) groups is 1. The van der Waals surface area contributed by atoms with Crippen LogP contribution in [-0.4, -0.2) is 57.1 Å². The summed E-state index contributed by atoms with van der Waals surface area (Å²) in [6.45, 7) is 0.302. The average molecular weight is 359 g/mol. The van der Waals surface area contributed by atoms with E-state index in [-0.39, 0.29) is 18.6 Å². The fourth-order valence-electron chi connectivity index (χ4n) is 3.57. The van der Waals surface area contributed by atoms with Crippen molar-refractivity contribution < 1.29 is 9.90 Å². The van der Waals surface area contributed by atoms with Crippen LogP contribution < -0.4 is 0 Å². The Bertz CT molecular complexity index is 660. The minimum atomic E-state index is -0.0415. The summed E-state index contributed by atoms with van der Waals surface area (Å²) >= 11 is 5.58. The third kappa shape index (κ3) is 3.70. The number of aliphatic hydroxyl groups excluding tert-OH is 1. The molecule has 1 saturated heterocycles. The molecule has 3 rings (SSSR count). The fraction of sp³-hybridized carbons (Fsp3) is 0.474. The molecule has 1 aliphatic carbocycles. The zero-order valence-electron chi connectivity index (χ0n) is 14.6. The molecule has 3 aliphatic rings. The highest BCUT2D eigenvalue weighted by Crippen LogP contribution is 2.30. The van der Waals surface area contributed by atoms with Crippen molar-refractivity contribution in [3.63, 3.8) is 0 Å². The van der Waals surface area contributed by atoms with Gasteiger partial charge in [-0.2, -0.15) is 0 Å². The van der Waals surface area contributed by atoms with E-state index in [9.17, 15) is 9.90 Å². The van der Waals surface area contributed by atoms with Crippen LogP contribution in [0.4, 0.5) is 0 Å². The number of amides is 1. The number of carbonyl (C=O) groups is 1. The molecule has 0 atom stereocenters. The summed E-state index contributed by atoms with van der Waals surface area (Å²) in [5, 5.41) is 9.93. The first-order chi connectivity index (χ1) is 12.1. The predicted molar refractivity (Wildman–Crippen MR) is 102 cm³/mol. The molecule has 1 saturated carbocycles. The van der Waals surface area contributed by atoms with E-state index in [0.717, 1.165) is 31.4 Å². The maximum absolute atomic E-state index is 13.0. The number of hydrogen-bond acceptors (Lipinski definition) is 4. The smallest absolute Gasteiger partial charge is 0.276 e. The van der Waals surface area contributed by atoms with Crippen LogP contribution in [0.5, 0.6) is 0 Å². The van der Waals surface area contributed by atoms with Crippen molar-refractivity contribution >= 4 is 23.2 Å². The normalized spacial score (nSPS) is 25.1. The summed E-state index contributed by atoms with van der Waals surface area (Å²) in [5.74, 6) is -0.0415. The van der Waals surface area contributed by atoms with E-state index in [1.54, 1.807) is 9.80 Å². The third-order valence-corrected chi connectivity index (χ3v) is 5.35. The van der Waals surface area contributed by atoms with Gasteiger partial charge in [0, 0.05) is 31.5 Å². The summed E-state index contributed by atoms with van der Waals surface area (Å²) < 4.78 is 0. The SMILES string of the molecule is CN1C=CC=CC1=CC=C1C(=O)N(C2CCCCC2)C(=S)N1CCO. The van der Waals surface area contributed by atoms with Crippen LogP contribution in [0.1, 0.15) is 32.1 Å². The van der Waals surface area contributed by atoms with E-state index >= 15 is 0 Å². The van der Waals surface area contributed by atoms with Gasteiger partial charge in [0.25, 0.3) is 5.91 Å². The van der Waals surface area contributed by atoms with Crippen LogP contribution in [0.15, 0.2) is 48.0 Å². The molecule has 2 aliphatic heterocycles. The van der Waals surface area contributed by atoms with Gasteiger partial charge in [0.05, 0.1) is 6.61 Å². The van der Waals surface area contributed by atoms with E-state index in [1.807, 2.05) is 48.5 Å². The molecule has 25 heavy (non-hydrogen) atoms. The zero-order chi connectivity index (χ0) is 17.8. The standard InChI is InChI=1S/C19H25N3O2S/c1-20-12-6-5-7-15(20)10-11-17-18(24)22(16-8-3-2-4-9-16)19(25)21(17)13-14-23/h5-7,10-12,16,23H,2-4,8-9,13-14H2,1H3. The lowest BCUT2D eigenvalue weighted by Gasteiger charge is -2.30. The molecule has 0 aromatic rings. The van der Waals surface area contributed by atoms with Crippen molar-refractivity contribution in [2.24, 2.45) is 0 Å². The van der Waals surface area contributed by atoms with Gasteiger partial charge in [-0.15, -0.1) is 0 Å². The van der Waals surface area contributed by atoms with Gasteiger partial charge < -0.3 is 14.9 Å². The van der Waals surface area contributed by atoms with Crippen LogP contribution >= 0.6 is 12.2 Å². The van der Waals surface area contributed by atoms with Crippen LogP contribution in [0, 0.1) is 0 Å². The average Bonchev–Trinajstić information content (AvgIpc) is 2.86. The highest BCUT2D eigenvalue weighted by molar-refractivity contribution is 7.80.